The number of nitrogens with zero attached hydrogens (tertiary/aromatic N) is 3. The fourth-order valence-electron chi connectivity index (χ4n) is 3.02. The molecule has 0 fully saturated rings. The number of para-hydroxylation sites is 2. The quantitative estimate of drug-likeness (QED) is 0.318. The van der Waals surface area contributed by atoms with Crippen molar-refractivity contribution in [2.45, 2.75) is 11.8 Å². The van der Waals surface area contributed by atoms with Gasteiger partial charge in [-0.1, -0.05) is 47.3 Å². The van der Waals surface area contributed by atoms with Crippen LogP contribution in [0.5, 0.6) is 5.75 Å². The van der Waals surface area contributed by atoms with Gasteiger partial charge < -0.3 is 14.0 Å². The van der Waals surface area contributed by atoms with Crippen LogP contribution in [0.4, 0.5) is 0 Å². The molecular weight excluding hydrogens is 402 g/mol. The van der Waals surface area contributed by atoms with E-state index in [1.165, 1.54) is 18.0 Å². The lowest BCUT2D eigenvalue weighted by Crippen LogP contribution is -2.11. The molecule has 4 rings (SSSR count). The van der Waals surface area contributed by atoms with E-state index < -0.39 is 5.97 Å². The van der Waals surface area contributed by atoms with Crippen LogP contribution in [-0.4, -0.2) is 34.0 Å². The molecule has 0 aliphatic heterocycles. The fourth-order valence-corrected chi connectivity index (χ4v) is 3.57. The molecule has 0 amide bonds. The predicted molar refractivity (Wildman–Crippen MR) is 113 cm³/mol. The van der Waals surface area contributed by atoms with Gasteiger partial charge in [0, 0.05) is 17.3 Å². The summed E-state index contributed by atoms with van der Waals surface area (Å²) in [4.78, 5) is 17.1. The smallest absolute Gasteiger partial charge is 0.357 e. The lowest BCUT2D eigenvalue weighted by atomic mass is 10.1. The van der Waals surface area contributed by atoms with E-state index in [4.69, 9.17) is 14.0 Å². The van der Waals surface area contributed by atoms with E-state index in [0.29, 0.717) is 28.1 Å². The van der Waals surface area contributed by atoms with Crippen molar-refractivity contribution in [2.24, 2.45) is 0 Å². The number of hydrogen-bond acceptors (Lipinski definition) is 7. The average molecular weight is 421 g/mol. The van der Waals surface area contributed by atoms with Crippen molar-refractivity contribution in [3.8, 4) is 22.7 Å². The van der Waals surface area contributed by atoms with Crippen molar-refractivity contribution < 1.29 is 18.8 Å². The lowest BCUT2D eigenvalue weighted by Gasteiger charge is -2.10. The van der Waals surface area contributed by atoms with Crippen LogP contribution in [0.15, 0.2) is 76.5 Å². The number of esters is 1. The SMILES string of the molecule is COc1ccccc1-c1cc(COC(=O)c2cnc(SC)n2-c2ccccc2)on1. The number of thioether (sulfide) groups is 1. The third-order valence-corrected chi connectivity index (χ3v) is 5.08. The Morgan fingerprint density at radius 3 is 2.67 bits per heavy atom. The van der Waals surface area contributed by atoms with Gasteiger partial charge in [-0.05, 0) is 30.5 Å². The Morgan fingerprint density at radius 1 is 1.13 bits per heavy atom. The van der Waals surface area contributed by atoms with E-state index in [1.807, 2.05) is 60.9 Å². The van der Waals surface area contributed by atoms with Gasteiger partial charge in [-0.3, -0.25) is 4.57 Å². The maximum absolute atomic E-state index is 12.7. The molecule has 0 unspecified atom stereocenters. The molecule has 0 atom stereocenters. The first-order valence-corrected chi connectivity index (χ1v) is 10.4. The van der Waals surface area contributed by atoms with E-state index in [1.54, 1.807) is 17.7 Å². The molecule has 30 heavy (non-hydrogen) atoms. The number of imidazole rings is 1. The Bertz CT molecular complexity index is 1150. The second-order valence-electron chi connectivity index (χ2n) is 6.26. The molecule has 2 aromatic heterocycles. The normalized spacial score (nSPS) is 10.7. The number of hydrogen-bond donors (Lipinski definition) is 0. The van der Waals surface area contributed by atoms with Crippen LogP contribution in [-0.2, 0) is 11.3 Å². The number of carbonyl (C=O) groups excluding carboxylic acids is 1. The minimum atomic E-state index is -0.498. The van der Waals surface area contributed by atoms with Gasteiger partial charge >= 0.3 is 5.97 Å². The zero-order valence-electron chi connectivity index (χ0n) is 16.4. The summed E-state index contributed by atoms with van der Waals surface area (Å²) in [7, 11) is 1.60. The van der Waals surface area contributed by atoms with Crippen molar-refractivity contribution in [3.05, 3.63) is 78.3 Å². The van der Waals surface area contributed by atoms with Crippen LogP contribution in [0.1, 0.15) is 16.2 Å². The molecule has 2 heterocycles. The first-order chi connectivity index (χ1) is 14.7. The average Bonchev–Trinajstić information content (AvgIpc) is 3.45. The summed E-state index contributed by atoms with van der Waals surface area (Å²) >= 11 is 1.45. The zero-order valence-corrected chi connectivity index (χ0v) is 17.3. The molecule has 8 heteroatoms. The Labute approximate surface area is 177 Å². The zero-order chi connectivity index (χ0) is 20.9. The highest BCUT2D eigenvalue weighted by Gasteiger charge is 2.20. The number of aromatic nitrogens is 3. The molecule has 0 spiro atoms. The van der Waals surface area contributed by atoms with Gasteiger partial charge in [-0.15, -0.1) is 0 Å². The summed E-state index contributed by atoms with van der Waals surface area (Å²) in [6.07, 6.45) is 3.42. The molecular formula is C22H19N3O4S. The summed E-state index contributed by atoms with van der Waals surface area (Å²) in [6.45, 7) is -0.0461. The topological polar surface area (TPSA) is 79.4 Å². The Balaban J connectivity index is 1.52. The fraction of sp³-hybridized carbons (Fsp3) is 0.136. The highest BCUT2D eigenvalue weighted by molar-refractivity contribution is 7.98. The lowest BCUT2D eigenvalue weighted by molar-refractivity contribution is 0.0427. The number of rotatable bonds is 7. The molecule has 0 saturated heterocycles. The molecule has 0 bridgehead atoms. The highest BCUT2D eigenvalue weighted by atomic mass is 32.2. The number of methoxy groups -OCH3 is 1. The van der Waals surface area contributed by atoms with Crippen molar-refractivity contribution in [3.63, 3.8) is 0 Å². The van der Waals surface area contributed by atoms with Crippen LogP contribution in [0.3, 0.4) is 0 Å². The van der Waals surface area contributed by atoms with Crippen molar-refractivity contribution in [1.29, 1.82) is 0 Å². The van der Waals surface area contributed by atoms with Crippen LogP contribution < -0.4 is 4.74 Å². The Hall–Kier alpha value is -3.52. The maximum Gasteiger partial charge on any atom is 0.357 e. The summed E-state index contributed by atoms with van der Waals surface area (Å²) in [5, 5.41) is 4.76. The van der Waals surface area contributed by atoms with Crippen molar-refractivity contribution in [2.75, 3.05) is 13.4 Å². The Kier molecular flexibility index (Phi) is 5.85. The first kappa shape index (κ1) is 19.8. The second kappa shape index (κ2) is 8.87. The van der Waals surface area contributed by atoms with Gasteiger partial charge in [-0.25, -0.2) is 9.78 Å². The third kappa shape index (κ3) is 3.95. The second-order valence-corrected chi connectivity index (χ2v) is 7.03. The van der Waals surface area contributed by atoms with Gasteiger partial charge in [0.25, 0.3) is 0 Å². The molecule has 4 aromatic rings. The molecule has 7 nitrogen and oxygen atoms in total. The molecule has 152 valence electrons. The number of carbonyl (C=O) groups is 1. The Morgan fingerprint density at radius 2 is 1.90 bits per heavy atom. The van der Waals surface area contributed by atoms with E-state index in [2.05, 4.69) is 10.1 Å². The largest absolute Gasteiger partial charge is 0.496 e. The monoisotopic (exact) mass is 421 g/mol. The highest BCUT2D eigenvalue weighted by Crippen LogP contribution is 2.29. The minimum absolute atomic E-state index is 0.0461. The predicted octanol–water partition coefficient (Wildman–Crippen LogP) is 4.61. The summed E-state index contributed by atoms with van der Waals surface area (Å²) < 4.78 is 17.9. The molecule has 2 aromatic carbocycles. The summed E-state index contributed by atoms with van der Waals surface area (Å²) in [5.41, 5.74) is 2.59. The van der Waals surface area contributed by atoms with E-state index in [-0.39, 0.29) is 6.61 Å². The standard InChI is InChI=1S/C22H19N3O4S/c1-27-20-11-7-6-10-17(20)18-12-16(29-24-18)14-28-21(26)19-13-23-22(30-2)25(19)15-8-4-3-5-9-15/h3-13H,14H2,1-2H3. The summed E-state index contributed by atoms with van der Waals surface area (Å²) in [5.74, 6) is 0.618. The number of benzene rings is 2. The summed E-state index contributed by atoms with van der Waals surface area (Å²) in [6, 6.07) is 18.8. The van der Waals surface area contributed by atoms with E-state index in [9.17, 15) is 4.79 Å². The van der Waals surface area contributed by atoms with Gasteiger partial charge in [0.1, 0.15) is 11.4 Å². The van der Waals surface area contributed by atoms with Crippen LogP contribution in [0.25, 0.3) is 16.9 Å². The van der Waals surface area contributed by atoms with E-state index in [0.717, 1.165) is 11.3 Å². The van der Waals surface area contributed by atoms with Crippen LogP contribution in [0, 0.1) is 0 Å². The first-order valence-electron chi connectivity index (χ1n) is 9.14. The molecule has 0 aliphatic carbocycles. The van der Waals surface area contributed by atoms with Gasteiger partial charge in [0.2, 0.25) is 0 Å². The van der Waals surface area contributed by atoms with Gasteiger partial charge in [0.05, 0.1) is 13.3 Å². The third-order valence-electron chi connectivity index (χ3n) is 4.42. The van der Waals surface area contributed by atoms with Gasteiger partial charge in [-0.2, -0.15) is 0 Å². The van der Waals surface area contributed by atoms with E-state index >= 15 is 0 Å². The molecule has 0 saturated carbocycles. The molecule has 0 aliphatic rings. The number of ether oxygens (including phenoxy) is 2. The van der Waals surface area contributed by atoms with Crippen LogP contribution in [0.2, 0.25) is 0 Å². The van der Waals surface area contributed by atoms with Crippen molar-refractivity contribution in [1.82, 2.24) is 14.7 Å². The van der Waals surface area contributed by atoms with Gasteiger partial charge in [0.15, 0.2) is 23.2 Å². The maximum atomic E-state index is 12.7. The van der Waals surface area contributed by atoms with Crippen molar-refractivity contribution >= 4 is 17.7 Å². The van der Waals surface area contributed by atoms with Crippen LogP contribution >= 0.6 is 11.8 Å². The minimum Gasteiger partial charge on any atom is -0.496 e. The molecule has 0 N–H and O–H groups in total. The molecule has 0 radical (unpaired) electrons.